The topological polar surface area (TPSA) is 18.5 Å². The molecule has 1 atom stereocenters. The maximum Gasteiger partial charge on any atom is 0.329 e. The van der Waals surface area contributed by atoms with E-state index in [-0.39, 0.29) is 0 Å². The molecule has 23 heavy (non-hydrogen) atoms. The van der Waals surface area contributed by atoms with Gasteiger partial charge in [-0.15, -0.1) is 0 Å². The van der Waals surface area contributed by atoms with Gasteiger partial charge in [0.2, 0.25) is 0 Å². The van der Waals surface area contributed by atoms with Crippen LogP contribution in [0.4, 0.5) is 0 Å². The van der Waals surface area contributed by atoms with Crippen molar-refractivity contribution in [3.63, 3.8) is 0 Å². The molecule has 1 unspecified atom stereocenters. The predicted molar refractivity (Wildman–Crippen MR) is 102 cm³/mol. The summed E-state index contributed by atoms with van der Waals surface area (Å²) in [7, 11) is -1.67. The van der Waals surface area contributed by atoms with Gasteiger partial charge in [0.25, 0.3) is 0 Å². The van der Waals surface area contributed by atoms with Crippen molar-refractivity contribution in [2.45, 2.75) is 77.7 Å². The van der Waals surface area contributed by atoms with Crippen molar-refractivity contribution < 1.29 is 8.85 Å². The Morgan fingerprint density at radius 2 is 1.39 bits per heavy atom. The molecular weight excluding hydrogens is 300 g/mol. The number of hydrogen-bond acceptors (Lipinski definition) is 2. The Hall–Kier alpha value is -0.643. The zero-order valence-corrected chi connectivity index (χ0v) is 16.6. The van der Waals surface area contributed by atoms with E-state index in [1.165, 1.54) is 44.1 Å². The highest BCUT2D eigenvalue weighted by atomic mass is 28.3. The Balaban J connectivity index is 2.69. The number of rotatable bonds is 14. The summed E-state index contributed by atoms with van der Waals surface area (Å²) in [4.78, 5) is 0. The maximum absolute atomic E-state index is 6.20. The zero-order valence-electron chi connectivity index (χ0n) is 15.4. The van der Waals surface area contributed by atoms with Gasteiger partial charge in [-0.2, -0.15) is 0 Å². The molecule has 0 aliphatic carbocycles. The summed E-state index contributed by atoms with van der Waals surface area (Å²) < 4.78 is 12.4. The van der Waals surface area contributed by atoms with E-state index in [1.54, 1.807) is 0 Å². The summed E-state index contributed by atoms with van der Waals surface area (Å²) in [6.45, 7) is 8.29. The van der Waals surface area contributed by atoms with Crippen LogP contribution in [-0.2, 0) is 8.85 Å². The molecule has 0 N–H and O–H groups in total. The van der Waals surface area contributed by atoms with E-state index in [0.29, 0.717) is 5.54 Å². The second-order valence-electron chi connectivity index (χ2n) is 6.33. The van der Waals surface area contributed by atoms with Crippen molar-refractivity contribution in [2.24, 2.45) is 0 Å². The highest BCUT2D eigenvalue weighted by molar-refractivity contribution is 6.46. The highest BCUT2D eigenvalue weighted by Crippen LogP contribution is 2.27. The molecule has 0 aliphatic rings. The average Bonchev–Trinajstić information content (AvgIpc) is 2.60. The fourth-order valence-electron chi connectivity index (χ4n) is 2.88. The van der Waals surface area contributed by atoms with Gasteiger partial charge in [-0.25, -0.2) is 0 Å². The van der Waals surface area contributed by atoms with Crippen LogP contribution in [0.25, 0.3) is 0 Å². The normalized spacial score (nSPS) is 12.7. The fraction of sp³-hybridized carbons (Fsp3) is 0.700. The molecule has 0 aliphatic heterocycles. The quantitative estimate of drug-likeness (QED) is 0.318. The molecule has 132 valence electrons. The van der Waals surface area contributed by atoms with E-state index in [0.717, 1.165) is 26.1 Å². The summed E-state index contributed by atoms with van der Waals surface area (Å²) in [5.41, 5.74) is 1.89. The first-order chi connectivity index (χ1) is 11.3. The molecule has 0 saturated carbocycles. The molecule has 0 bridgehead atoms. The van der Waals surface area contributed by atoms with Gasteiger partial charge in [0.15, 0.2) is 0 Å². The lowest BCUT2D eigenvalue weighted by molar-refractivity contribution is 0.186. The average molecular weight is 337 g/mol. The molecular formula is C20H36O2Si. The summed E-state index contributed by atoms with van der Waals surface area (Å²) >= 11 is 0. The first kappa shape index (κ1) is 20.4. The third-order valence-corrected chi connectivity index (χ3v) is 6.65. The second-order valence-corrected chi connectivity index (χ2v) is 8.54. The molecule has 0 spiro atoms. The van der Waals surface area contributed by atoms with Crippen LogP contribution in [0, 0.1) is 0 Å². The molecule has 0 fully saturated rings. The SMILES string of the molecule is CCCCCCCC(c1ccccc1)[SiH](OCCC)OCCC. The van der Waals surface area contributed by atoms with E-state index >= 15 is 0 Å². The van der Waals surface area contributed by atoms with E-state index in [2.05, 4.69) is 51.1 Å². The van der Waals surface area contributed by atoms with Crippen LogP contribution in [0.2, 0.25) is 0 Å². The van der Waals surface area contributed by atoms with Crippen molar-refractivity contribution in [3.05, 3.63) is 35.9 Å². The summed E-state index contributed by atoms with van der Waals surface area (Å²) in [5, 5.41) is 0. The molecule has 3 heteroatoms. The van der Waals surface area contributed by atoms with E-state index < -0.39 is 9.28 Å². The van der Waals surface area contributed by atoms with Crippen LogP contribution in [0.3, 0.4) is 0 Å². The molecule has 0 heterocycles. The summed E-state index contributed by atoms with van der Waals surface area (Å²) in [5.74, 6) is 0. The Kier molecular flexibility index (Phi) is 12.2. The summed E-state index contributed by atoms with van der Waals surface area (Å²) in [6.07, 6.45) is 9.98. The third kappa shape index (κ3) is 8.68. The minimum Gasteiger partial charge on any atom is -0.396 e. The second kappa shape index (κ2) is 13.8. The third-order valence-electron chi connectivity index (χ3n) is 4.15. The van der Waals surface area contributed by atoms with E-state index in [9.17, 15) is 0 Å². The maximum atomic E-state index is 6.20. The van der Waals surface area contributed by atoms with Crippen molar-refractivity contribution in [1.29, 1.82) is 0 Å². The molecule has 0 amide bonds. The van der Waals surface area contributed by atoms with Gasteiger partial charge in [0.1, 0.15) is 0 Å². The Morgan fingerprint density at radius 3 is 1.96 bits per heavy atom. The van der Waals surface area contributed by atoms with Crippen LogP contribution in [0.1, 0.15) is 83.2 Å². The Morgan fingerprint density at radius 1 is 0.783 bits per heavy atom. The van der Waals surface area contributed by atoms with Gasteiger partial charge in [0, 0.05) is 18.8 Å². The van der Waals surface area contributed by atoms with E-state index in [1.807, 2.05) is 0 Å². The monoisotopic (exact) mass is 336 g/mol. The highest BCUT2D eigenvalue weighted by Gasteiger charge is 2.27. The van der Waals surface area contributed by atoms with E-state index in [4.69, 9.17) is 8.85 Å². The molecule has 0 radical (unpaired) electrons. The number of hydrogen-bond donors (Lipinski definition) is 0. The van der Waals surface area contributed by atoms with Crippen LogP contribution < -0.4 is 0 Å². The first-order valence-electron chi connectivity index (χ1n) is 9.61. The van der Waals surface area contributed by atoms with Gasteiger partial charge in [-0.05, 0) is 24.8 Å². The van der Waals surface area contributed by atoms with Crippen molar-refractivity contribution in [2.75, 3.05) is 13.2 Å². The van der Waals surface area contributed by atoms with Gasteiger partial charge in [-0.3, -0.25) is 0 Å². The molecule has 1 aromatic carbocycles. The molecule has 0 saturated heterocycles. The fourth-order valence-corrected chi connectivity index (χ4v) is 5.42. The number of benzene rings is 1. The van der Waals surface area contributed by atoms with Crippen LogP contribution >= 0.6 is 0 Å². The standard InChI is InChI=1S/C20H36O2Si/c1-4-7-8-9-13-16-20(19-14-11-10-12-15-19)23(21-17-5-2)22-18-6-3/h10-12,14-15,20,23H,4-9,13,16-18H2,1-3H3. The molecule has 2 nitrogen and oxygen atoms in total. The zero-order chi connectivity index (χ0) is 16.8. The lowest BCUT2D eigenvalue weighted by Crippen LogP contribution is -2.32. The Labute approximate surface area is 145 Å². The van der Waals surface area contributed by atoms with Gasteiger partial charge < -0.3 is 8.85 Å². The lowest BCUT2D eigenvalue weighted by atomic mass is 10.0. The summed E-state index contributed by atoms with van der Waals surface area (Å²) in [6, 6.07) is 10.9. The van der Waals surface area contributed by atoms with Crippen molar-refractivity contribution in [3.8, 4) is 0 Å². The number of unbranched alkanes of at least 4 members (excludes halogenated alkanes) is 4. The van der Waals surface area contributed by atoms with Crippen LogP contribution in [0.5, 0.6) is 0 Å². The van der Waals surface area contributed by atoms with Crippen molar-refractivity contribution in [1.82, 2.24) is 0 Å². The first-order valence-corrected chi connectivity index (χ1v) is 11.2. The minimum absolute atomic E-state index is 0.482. The lowest BCUT2D eigenvalue weighted by Gasteiger charge is -2.26. The van der Waals surface area contributed by atoms with Crippen LogP contribution in [-0.4, -0.2) is 22.5 Å². The Bertz CT molecular complexity index is 361. The van der Waals surface area contributed by atoms with Gasteiger partial charge in [0.05, 0.1) is 0 Å². The van der Waals surface area contributed by atoms with Crippen LogP contribution in [0.15, 0.2) is 30.3 Å². The minimum atomic E-state index is -1.67. The van der Waals surface area contributed by atoms with Crippen molar-refractivity contribution >= 4 is 9.28 Å². The van der Waals surface area contributed by atoms with Gasteiger partial charge >= 0.3 is 9.28 Å². The largest absolute Gasteiger partial charge is 0.396 e. The molecule has 1 rings (SSSR count). The molecule has 0 aromatic heterocycles. The predicted octanol–water partition coefficient (Wildman–Crippen LogP) is 5.74. The molecule has 1 aromatic rings. The smallest absolute Gasteiger partial charge is 0.329 e. The van der Waals surface area contributed by atoms with Gasteiger partial charge in [-0.1, -0.05) is 83.2 Å².